The van der Waals surface area contributed by atoms with E-state index in [0.29, 0.717) is 30.4 Å². The van der Waals surface area contributed by atoms with Gasteiger partial charge in [0.15, 0.2) is 5.58 Å². The number of fused-ring (bicyclic) bond motifs is 3. The van der Waals surface area contributed by atoms with Crippen LogP contribution in [0.25, 0.3) is 11.1 Å². The Bertz CT molecular complexity index is 1020. The number of nitrogens with one attached hydrogen (secondary N) is 1. The van der Waals surface area contributed by atoms with Gasteiger partial charge in [0, 0.05) is 37.3 Å². The highest BCUT2D eigenvalue weighted by molar-refractivity contribution is 6.02. The Balaban J connectivity index is 1.38. The van der Waals surface area contributed by atoms with Crippen LogP contribution >= 0.6 is 0 Å². The molecule has 34 heavy (non-hydrogen) atoms. The van der Waals surface area contributed by atoms with Crippen LogP contribution in [0.4, 0.5) is 0 Å². The highest BCUT2D eigenvalue weighted by atomic mass is 16.3. The van der Waals surface area contributed by atoms with E-state index in [1.807, 2.05) is 28.5 Å². The van der Waals surface area contributed by atoms with Crippen LogP contribution in [0.15, 0.2) is 22.8 Å². The molecule has 0 radical (unpaired) electrons. The summed E-state index contributed by atoms with van der Waals surface area (Å²) in [7, 11) is 0. The molecule has 2 fully saturated rings. The lowest BCUT2D eigenvalue weighted by atomic mass is 9.93. The monoisotopic (exact) mass is 468 g/mol. The van der Waals surface area contributed by atoms with Gasteiger partial charge in [-0.15, -0.1) is 0 Å². The molecular weight excluding hydrogens is 428 g/mol. The predicted molar refractivity (Wildman–Crippen MR) is 133 cm³/mol. The van der Waals surface area contributed by atoms with E-state index in [1.54, 1.807) is 6.26 Å². The second-order valence-electron chi connectivity index (χ2n) is 10.9. The van der Waals surface area contributed by atoms with Crippen LogP contribution in [0.3, 0.4) is 0 Å². The van der Waals surface area contributed by atoms with Crippen LogP contribution in [-0.4, -0.2) is 63.4 Å². The van der Waals surface area contributed by atoms with Gasteiger partial charge < -0.3 is 24.1 Å². The van der Waals surface area contributed by atoms with Gasteiger partial charge in [-0.1, -0.05) is 32.1 Å². The molecule has 5 rings (SSSR count). The van der Waals surface area contributed by atoms with Crippen LogP contribution in [0.1, 0.15) is 88.5 Å². The van der Waals surface area contributed by atoms with Crippen molar-refractivity contribution in [1.29, 1.82) is 0 Å². The molecule has 1 N–H and O–H groups in total. The first-order valence-corrected chi connectivity index (χ1v) is 13.4. The van der Waals surface area contributed by atoms with Crippen molar-refractivity contribution in [3.05, 3.63) is 24.1 Å². The van der Waals surface area contributed by atoms with Crippen molar-refractivity contribution in [2.24, 2.45) is 0 Å². The van der Waals surface area contributed by atoms with Gasteiger partial charge in [-0.25, -0.2) is 0 Å². The minimum absolute atomic E-state index is 0.0184. The van der Waals surface area contributed by atoms with Crippen molar-refractivity contribution in [2.75, 3.05) is 19.6 Å². The molecular formula is C27H40N4O3. The maximum atomic E-state index is 13.8. The summed E-state index contributed by atoms with van der Waals surface area (Å²) in [5.41, 5.74) is 1.30. The normalized spacial score (nSPS) is 27.1. The number of rotatable bonds is 6. The van der Waals surface area contributed by atoms with Crippen molar-refractivity contribution < 1.29 is 14.0 Å². The highest BCUT2D eigenvalue weighted by Gasteiger charge is 2.48. The fourth-order valence-electron chi connectivity index (χ4n) is 6.31. The summed E-state index contributed by atoms with van der Waals surface area (Å²) in [6, 6.07) is 4.53. The summed E-state index contributed by atoms with van der Waals surface area (Å²) in [4.78, 5) is 32.0. The number of amides is 2. The molecule has 2 aromatic heterocycles. The summed E-state index contributed by atoms with van der Waals surface area (Å²) in [6.45, 7) is 7.40. The van der Waals surface area contributed by atoms with E-state index < -0.39 is 5.54 Å². The van der Waals surface area contributed by atoms with Crippen molar-refractivity contribution in [1.82, 2.24) is 19.7 Å². The quantitative estimate of drug-likeness (QED) is 0.632. The molecule has 3 aliphatic rings. The van der Waals surface area contributed by atoms with E-state index in [2.05, 4.69) is 17.1 Å². The molecule has 0 unspecified atom stereocenters. The number of piperidine rings is 1. The Labute approximate surface area is 202 Å². The maximum absolute atomic E-state index is 13.8. The second-order valence-corrected chi connectivity index (χ2v) is 10.9. The van der Waals surface area contributed by atoms with E-state index in [-0.39, 0.29) is 17.9 Å². The number of likely N-dealkylation sites (tertiary alicyclic amines) is 1. The fraction of sp³-hybridized carbons (Fsp3) is 0.704. The molecule has 2 amide bonds. The fourth-order valence-corrected chi connectivity index (χ4v) is 6.31. The molecule has 2 atom stereocenters. The number of aromatic nitrogens is 1. The lowest BCUT2D eigenvalue weighted by Gasteiger charge is -2.45. The van der Waals surface area contributed by atoms with E-state index in [9.17, 15) is 9.59 Å². The summed E-state index contributed by atoms with van der Waals surface area (Å²) in [5.74, 6) is -0.0852. The Hall–Kier alpha value is -2.28. The molecule has 2 aromatic rings. The Kier molecular flexibility index (Phi) is 6.74. The molecule has 0 bridgehead atoms. The van der Waals surface area contributed by atoms with Gasteiger partial charge in [0.05, 0.1) is 18.3 Å². The minimum Gasteiger partial charge on any atom is -0.463 e. The smallest absolute Gasteiger partial charge is 0.271 e. The van der Waals surface area contributed by atoms with Crippen LogP contribution < -0.4 is 5.32 Å². The third-order valence-corrected chi connectivity index (χ3v) is 8.50. The number of furan rings is 1. The van der Waals surface area contributed by atoms with Crippen LogP contribution in [-0.2, 0) is 11.3 Å². The summed E-state index contributed by atoms with van der Waals surface area (Å²) in [5, 5.41) is 3.35. The second kappa shape index (κ2) is 9.76. The minimum atomic E-state index is -0.923. The van der Waals surface area contributed by atoms with Crippen LogP contribution in [0.2, 0.25) is 0 Å². The zero-order valence-corrected chi connectivity index (χ0v) is 20.9. The average Bonchev–Trinajstić information content (AvgIpc) is 3.31. The van der Waals surface area contributed by atoms with E-state index in [4.69, 9.17) is 4.42 Å². The van der Waals surface area contributed by atoms with Gasteiger partial charge >= 0.3 is 0 Å². The van der Waals surface area contributed by atoms with Crippen molar-refractivity contribution in [2.45, 2.75) is 102 Å². The largest absolute Gasteiger partial charge is 0.463 e. The highest BCUT2D eigenvalue weighted by Crippen LogP contribution is 2.33. The third kappa shape index (κ3) is 4.39. The molecule has 0 aromatic carbocycles. The van der Waals surface area contributed by atoms with E-state index in [0.717, 1.165) is 50.7 Å². The lowest BCUT2D eigenvalue weighted by Crippen LogP contribution is -2.65. The van der Waals surface area contributed by atoms with Crippen LogP contribution in [0, 0.1) is 0 Å². The zero-order chi connectivity index (χ0) is 23.7. The van der Waals surface area contributed by atoms with Gasteiger partial charge in [0.1, 0.15) is 11.2 Å². The molecule has 0 spiro atoms. The van der Waals surface area contributed by atoms with Gasteiger partial charge in [0.2, 0.25) is 5.91 Å². The molecule has 7 heteroatoms. The third-order valence-electron chi connectivity index (χ3n) is 8.50. The molecule has 1 aliphatic carbocycles. The van der Waals surface area contributed by atoms with Crippen molar-refractivity contribution in [3.8, 4) is 0 Å². The van der Waals surface area contributed by atoms with Crippen molar-refractivity contribution >= 4 is 22.9 Å². The standard InChI is InChI=1S/C27H40N4O3/c1-20-10-7-8-14-29(20)15-9-16-31-25(32)23-18-24-22(13-17-34-24)30(23)19-27(31,2)26(33)28-21-11-5-3-4-6-12-21/h13,17-18,20-21H,3-12,14-16,19H2,1-2H3,(H,28,33)/t20-,27+/m1/s1. The first kappa shape index (κ1) is 23.5. The maximum Gasteiger partial charge on any atom is 0.271 e. The van der Waals surface area contributed by atoms with Crippen LogP contribution in [0.5, 0.6) is 0 Å². The molecule has 186 valence electrons. The predicted octanol–water partition coefficient (Wildman–Crippen LogP) is 4.55. The summed E-state index contributed by atoms with van der Waals surface area (Å²) >= 11 is 0. The van der Waals surface area contributed by atoms with Gasteiger partial charge in [-0.2, -0.15) is 0 Å². The number of hydrogen-bond donors (Lipinski definition) is 1. The SMILES string of the molecule is C[C@@H]1CCCCN1CCCN1C(=O)c2cc3occc3n2C[C@@]1(C)C(=O)NC1CCCCCC1. The Morgan fingerprint density at radius 3 is 2.65 bits per heavy atom. The van der Waals surface area contributed by atoms with Gasteiger partial charge in [0.25, 0.3) is 5.91 Å². The number of nitrogens with zero attached hydrogens (tertiary/aromatic N) is 3. The van der Waals surface area contributed by atoms with Gasteiger partial charge in [-0.3, -0.25) is 9.59 Å². The summed E-state index contributed by atoms with van der Waals surface area (Å²) in [6.07, 6.45) is 13.2. The summed E-state index contributed by atoms with van der Waals surface area (Å²) < 4.78 is 7.57. The zero-order valence-electron chi connectivity index (χ0n) is 20.9. The number of hydrogen-bond acceptors (Lipinski definition) is 4. The number of carbonyl (C=O) groups excluding carboxylic acids is 2. The van der Waals surface area contributed by atoms with E-state index >= 15 is 0 Å². The average molecular weight is 469 g/mol. The molecule has 1 saturated carbocycles. The van der Waals surface area contributed by atoms with Crippen molar-refractivity contribution in [3.63, 3.8) is 0 Å². The lowest BCUT2D eigenvalue weighted by molar-refractivity contribution is -0.133. The molecule has 4 heterocycles. The topological polar surface area (TPSA) is 70.7 Å². The van der Waals surface area contributed by atoms with E-state index in [1.165, 1.54) is 32.1 Å². The van der Waals surface area contributed by atoms with Gasteiger partial charge in [-0.05, 0) is 52.5 Å². The Morgan fingerprint density at radius 1 is 1.12 bits per heavy atom. The first-order valence-electron chi connectivity index (χ1n) is 13.4. The Morgan fingerprint density at radius 2 is 1.88 bits per heavy atom. The molecule has 2 aliphatic heterocycles. The first-order chi connectivity index (χ1) is 16.5. The number of carbonyl (C=O) groups is 2. The molecule has 7 nitrogen and oxygen atoms in total. The molecule has 1 saturated heterocycles.